The molecule has 0 aliphatic rings. The van der Waals surface area contributed by atoms with Crippen LogP contribution in [0.5, 0.6) is 0 Å². The second-order valence-electron chi connectivity index (χ2n) is 5.67. The Bertz CT molecular complexity index is 923. The number of hydrogen-bond donors (Lipinski definition) is 1. The molecule has 2 aromatic carbocycles. The Kier molecular flexibility index (Phi) is 5.09. The van der Waals surface area contributed by atoms with Crippen molar-refractivity contribution in [2.45, 2.75) is 13.3 Å². The van der Waals surface area contributed by atoms with E-state index in [4.69, 9.17) is 4.74 Å². The lowest BCUT2D eigenvalue weighted by atomic mass is 10.1. The molecule has 0 atom stereocenters. The van der Waals surface area contributed by atoms with Crippen LogP contribution in [0.4, 0.5) is 0 Å². The number of nitrogens with one attached hydrogen (secondary N) is 1. The average Bonchev–Trinajstić information content (AvgIpc) is 3.09. The van der Waals surface area contributed by atoms with E-state index in [1.165, 1.54) is 6.08 Å². The largest absolute Gasteiger partial charge is 0.454 e. The molecule has 0 fully saturated rings. The minimum absolute atomic E-state index is 0.221. The van der Waals surface area contributed by atoms with E-state index in [9.17, 15) is 9.59 Å². The molecule has 0 spiro atoms. The van der Waals surface area contributed by atoms with Crippen LogP contribution in [0.3, 0.4) is 0 Å². The van der Waals surface area contributed by atoms with Gasteiger partial charge in [-0.3, -0.25) is 4.79 Å². The fraction of sp³-hybridized carbons (Fsp3) is 0.143. The Labute approximate surface area is 146 Å². The molecule has 3 aromatic rings. The second kappa shape index (κ2) is 7.62. The van der Waals surface area contributed by atoms with Gasteiger partial charge in [-0.2, -0.15) is 0 Å². The molecule has 4 nitrogen and oxygen atoms in total. The van der Waals surface area contributed by atoms with Crippen LogP contribution < -0.4 is 0 Å². The maximum absolute atomic E-state index is 12.4. The summed E-state index contributed by atoms with van der Waals surface area (Å²) in [4.78, 5) is 27.3. The molecular weight excluding hydrogens is 314 g/mol. The number of carbonyl (C=O) groups excluding carboxylic acids is 2. The Morgan fingerprint density at radius 3 is 2.64 bits per heavy atom. The lowest BCUT2D eigenvalue weighted by Crippen LogP contribution is -2.12. The van der Waals surface area contributed by atoms with Gasteiger partial charge in [0.15, 0.2) is 6.61 Å². The van der Waals surface area contributed by atoms with Crippen LogP contribution in [0.15, 0.2) is 60.8 Å². The molecular formula is C21H19NO3. The van der Waals surface area contributed by atoms with Gasteiger partial charge >= 0.3 is 5.97 Å². The van der Waals surface area contributed by atoms with Gasteiger partial charge in [0, 0.05) is 28.7 Å². The van der Waals surface area contributed by atoms with Crippen LogP contribution in [-0.2, 0) is 16.0 Å². The third-order valence-electron chi connectivity index (χ3n) is 4.04. The summed E-state index contributed by atoms with van der Waals surface area (Å²) in [6.45, 7) is 1.79. The number of carbonyl (C=O) groups is 2. The molecule has 0 radical (unpaired) electrons. The predicted octanol–water partition coefficient (Wildman–Crippen LogP) is 4.17. The number of Topliss-reactive ketones (excluding diaryl/α,β-unsaturated/α-hetero) is 1. The zero-order valence-corrected chi connectivity index (χ0v) is 14.0. The van der Waals surface area contributed by atoms with Crippen molar-refractivity contribution in [2.24, 2.45) is 0 Å². The highest BCUT2D eigenvalue weighted by Crippen LogP contribution is 2.22. The molecule has 0 saturated carbocycles. The van der Waals surface area contributed by atoms with Crippen molar-refractivity contribution in [3.05, 3.63) is 77.5 Å². The number of benzene rings is 2. The molecule has 1 aromatic heterocycles. The predicted molar refractivity (Wildman–Crippen MR) is 98.4 cm³/mol. The average molecular weight is 333 g/mol. The van der Waals surface area contributed by atoms with Crippen molar-refractivity contribution in [1.82, 2.24) is 4.98 Å². The summed E-state index contributed by atoms with van der Waals surface area (Å²) in [7, 11) is 0. The zero-order valence-electron chi connectivity index (χ0n) is 14.0. The first-order valence-corrected chi connectivity index (χ1v) is 8.21. The molecule has 0 bridgehead atoms. The summed E-state index contributed by atoms with van der Waals surface area (Å²) in [5.74, 6) is -0.757. The van der Waals surface area contributed by atoms with E-state index < -0.39 is 5.97 Å². The monoisotopic (exact) mass is 333 g/mol. The number of rotatable bonds is 6. The maximum atomic E-state index is 12.4. The number of aromatic nitrogens is 1. The Balaban J connectivity index is 1.65. The van der Waals surface area contributed by atoms with Gasteiger partial charge in [-0.25, -0.2) is 4.79 Å². The van der Waals surface area contributed by atoms with Crippen molar-refractivity contribution in [1.29, 1.82) is 0 Å². The quantitative estimate of drug-likeness (QED) is 0.418. The number of H-pyrrole nitrogens is 1. The molecule has 25 heavy (non-hydrogen) atoms. The van der Waals surface area contributed by atoms with E-state index in [-0.39, 0.29) is 12.4 Å². The molecule has 0 unspecified atom stereocenters. The van der Waals surface area contributed by atoms with Gasteiger partial charge in [0.05, 0.1) is 0 Å². The summed E-state index contributed by atoms with van der Waals surface area (Å²) in [5.41, 5.74) is 3.56. The van der Waals surface area contributed by atoms with Crippen LogP contribution in [0.2, 0.25) is 0 Å². The second-order valence-corrected chi connectivity index (χ2v) is 5.67. The van der Waals surface area contributed by atoms with Crippen molar-refractivity contribution in [2.75, 3.05) is 6.61 Å². The minimum atomic E-state index is -0.536. The van der Waals surface area contributed by atoms with Crippen molar-refractivity contribution in [3.8, 4) is 0 Å². The highest BCUT2D eigenvalue weighted by molar-refractivity contribution is 6.09. The SMILES string of the molecule is CCc1cccc2c(C(=O)COC(=O)/C=C/c3ccccc3)c[nH]c12. The van der Waals surface area contributed by atoms with E-state index in [0.29, 0.717) is 5.56 Å². The summed E-state index contributed by atoms with van der Waals surface area (Å²) >= 11 is 0. The van der Waals surface area contributed by atoms with Crippen LogP contribution >= 0.6 is 0 Å². The highest BCUT2D eigenvalue weighted by atomic mass is 16.5. The van der Waals surface area contributed by atoms with E-state index in [1.807, 2.05) is 48.5 Å². The van der Waals surface area contributed by atoms with E-state index in [0.717, 1.165) is 28.5 Å². The number of esters is 1. The number of fused-ring (bicyclic) bond motifs is 1. The molecule has 0 amide bonds. The molecule has 0 aliphatic carbocycles. The lowest BCUT2D eigenvalue weighted by molar-refractivity contribution is -0.136. The van der Waals surface area contributed by atoms with Crippen LogP contribution in [0.25, 0.3) is 17.0 Å². The van der Waals surface area contributed by atoms with E-state index in [2.05, 4.69) is 11.9 Å². The Morgan fingerprint density at radius 2 is 1.88 bits per heavy atom. The van der Waals surface area contributed by atoms with E-state index in [1.54, 1.807) is 12.3 Å². The fourth-order valence-corrected chi connectivity index (χ4v) is 2.73. The van der Waals surface area contributed by atoms with Gasteiger partial charge in [0.25, 0.3) is 0 Å². The first-order chi connectivity index (χ1) is 12.2. The van der Waals surface area contributed by atoms with Crippen molar-refractivity contribution < 1.29 is 14.3 Å². The molecule has 126 valence electrons. The van der Waals surface area contributed by atoms with Crippen LogP contribution in [0.1, 0.15) is 28.4 Å². The van der Waals surface area contributed by atoms with Crippen LogP contribution in [0, 0.1) is 0 Å². The summed E-state index contributed by atoms with van der Waals surface area (Å²) in [6, 6.07) is 15.3. The van der Waals surface area contributed by atoms with Crippen molar-refractivity contribution in [3.63, 3.8) is 0 Å². The number of hydrogen-bond acceptors (Lipinski definition) is 3. The highest BCUT2D eigenvalue weighted by Gasteiger charge is 2.14. The lowest BCUT2D eigenvalue weighted by Gasteiger charge is -2.02. The maximum Gasteiger partial charge on any atom is 0.331 e. The fourth-order valence-electron chi connectivity index (χ4n) is 2.73. The third kappa shape index (κ3) is 3.86. The number of aryl methyl sites for hydroxylation is 1. The number of ketones is 1. The van der Waals surface area contributed by atoms with Gasteiger partial charge in [0.1, 0.15) is 0 Å². The van der Waals surface area contributed by atoms with E-state index >= 15 is 0 Å². The van der Waals surface area contributed by atoms with Crippen LogP contribution in [-0.4, -0.2) is 23.3 Å². The summed E-state index contributed by atoms with van der Waals surface area (Å²) in [6.07, 6.45) is 5.55. The molecule has 0 saturated heterocycles. The molecule has 1 heterocycles. The minimum Gasteiger partial charge on any atom is -0.454 e. The Morgan fingerprint density at radius 1 is 1.08 bits per heavy atom. The molecule has 4 heteroatoms. The number of ether oxygens (including phenoxy) is 1. The smallest absolute Gasteiger partial charge is 0.331 e. The molecule has 0 aliphatic heterocycles. The Hall–Kier alpha value is -3.14. The molecule has 3 rings (SSSR count). The third-order valence-corrected chi connectivity index (χ3v) is 4.04. The summed E-state index contributed by atoms with van der Waals surface area (Å²) in [5, 5.41) is 0.861. The van der Waals surface area contributed by atoms with Crippen molar-refractivity contribution >= 4 is 28.7 Å². The topological polar surface area (TPSA) is 59.2 Å². The van der Waals surface area contributed by atoms with Gasteiger partial charge in [0.2, 0.25) is 5.78 Å². The number of para-hydroxylation sites is 1. The summed E-state index contributed by atoms with van der Waals surface area (Å²) < 4.78 is 5.07. The molecule has 1 N–H and O–H groups in total. The first kappa shape index (κ1) is 16.7. The van der Waals surface area contributed by atoms with Gasteiger partial charge in [-0.1, -0.05) is 55.5 Å². The van der Waals surface area contributed by atoms with Gasteiger partial charge in [-0.05, 0) is 23.6 Å². The number of aromatic amines is 1. The first-order valence-electron chi connectivity index (χ1n) is 8.21. The normalized spacial score (nSPS) is 11.1. The zero-order chi connectivity index (χ0) is 17.6. The standard InChI is InChI=1S/C21H19NO3/c1-2-16-9-6-10-17-18(13-22-21(16)17)19(23)14-25-20(24)12-11-15-7-4-3-5-8-15/h3-13,22H,2,14H2,1H3/b12-11+. The van der Waals surface area contributed by atoms with Gasteiger partial charge in [-0.15, -0.1) is 0 Å². The van der Waals surface area contributed by atoms with Gasteiger partial charge < -0.3 is 9.72 Å².